The van der Waals surface area contributed by atoms with Gasteiger partial charge in [-0.25, -0.2) is 0 Å². The molecular formula is C56H106N2O21. The van der Waals surface area contributed by atoms with E-state index in [1.807, 2.05) is 0 Å². The Morgan fingerprint density at radius 1 is 0.456 bits per heavy atom. The first-order valence-electron chi connectivity index (χ1n) is 29.4. The zero-order chi connectivity index (χ0) is 57.5. The molecule has 23 heteroatoms. The van der Waals surface area contributed by atoms with Crippen LogP contribution >= 0.6 is 0 Å². The number of amides is 2. The Morgan fingerprint density at radius 2 is 0.823 bits per heavy atom. The van der Waals surface area contributed by atoms with Gasteiger partial charge in [0.2, 0.25) is 5.91 Å². The van der Waals surface area contributed by atoms with E-state index in [2.05, 4.69) is 31.3 Å². The summed E-state index contributed by atoms with van der Waals surface area (Å²) in [5, 5.41) is 44.1. The lowest BCUT2D eigenvalue weighted by molar-refractivity contribution is -0.278. The minimum absolute atomic E-state index is 0.0555. The molecular weight excluding hydrogens is 1040 g/mol. The molecule has 5 N–H and O–H groups in total. The van der Waals surface area contributed by atoms with E-state index in [1.54, 1.807) is 6.92 Å². The Kier molecular flexibility index (Phi) is 52.8. The van der Waals surface area contributed by atoms with E-state index in [9.17, 15) is 34.8 Å². The van der Waals surface area contributed by atoms with Gasteiger partial charge in [-0.2, -0.15) is 0 Å². The maximum atomic E-state index is 14.1. The normalized spacial score (nSPS) is 17.9. The molecule has 0 aromatic rings. The van der Waals surface area contributed by atoms with Crippen LogP contribution in [0, 0.1) is 0 Å². The highest BCUT2D eigenvalue weighted by atomic mass is 16.6. The summed E-state index contributed by atoms with van der Waals surface area (Å²) in [7, 11) is 0. The number of nitrogens with one attached hydrogen (secondary N) is 1. The lowest BCUT2D eigenvalue weighted by Gasteiger charge is -2.41. The third-order valence-corrected chi connectivity index (χ3v) is 12.2. The second-order valence-corrected chi connectivity index (χ2v) is 18.7. The standard InChI is InChI=1S/C56H106N2O21/c1-4-7-8-9-10-11-12-13-14-15-16-17-18-19-20-21-48(54(63)57-47-49(59)78-6-3)58(55(64)53-51(61)50(60)52(62)56(65)79-53)22-24-67-26-28-69-30-32-71-34-36-73-38-40-75-42-44-77-46-45-76-43-41-74-39-37-72-35-33-70-31-29-68-27-25-66-23-5-2/h13-14,48,50-53,56,60-62,65H,4-12,15-47H2,1-3H3,(H,57,63)/b14-13-/t48?,50-,51+,52?,53?,56-/m1/s1. The molecule has 0 saturated carbocycles. The minimum atomic E-state index is -1.97. The second kappa shape index (κ2) is 56.0. The van der Waals surface area contributed by atoms with Gasteiger partial charge < -0.3 is 97.0 Å². The van der Waals surface area contributed by atoms with E-state index in [0.717, 1.165) is 51.6 Å². The zero-order valence-electron chi connectivity index (χ0n) is 48.5. The number of unbranched alkanes of at least 4 members (excludes halogenated alkanes) is 11. The average molecular weight is 1140 g/mol. The Hall–Kier alpha value is -2.53. The van der Waals surface area contributed by atoms with Crippen molar-refractivity contribution in [2.75, 3.05) is 178 Å². The van der Waals surface area contributed by atoms with Crippen LogP contribution in [0.25, 0.3) is 0 Å². The molecule has 466 valence electrons. The number of rotatable bonds is 59. The largest absolute Gasteiger partial charge is 0.465 e. The number of esters is 1. The van der Waals surface area contributed by atoms with Gasteiger partial charge in [-0.1, -0.05) is 83.8 Å². The molecule has 1 fully saturated rings. The number of hydrogen-bond donors (Lipinski definition) is 5. The van der Waals surface area contributed by atoms with Gasteiger partial charge >= 0.3 is 5.97 Å². The number of aliphatic hydroxyl groups is 4. The Bertz CT molecular complexity index is 1410. The topological polar surface area (TPSA) is 277 Å². The monoisotopic (exact) mass is 1140 g/mol. The molecule has 1 saturated heterocycles. The van der Waals surface area contributed by atoms with Crippen LogP contribution in [0.15, 0.2) is 12.2 Å². The van der Waals surface area contributed by atoms with Crippen LogP contribution in [0.4, 0.5) is 0 Å². The highest BCUT2D eigenvalue weighted by Crippen LogP contribution is 2.24. The van der Waals surface area contributed by atoms with Crippen molar-refractivity contribution in [3.8, 4) is 0 Å². The van der Waals surface area contributed by atoms with Crippen LogP contribution in [0.5, 0.6) is 0 Å². The van der Waals surface area contributed by atoms with E-state index >= 15 is 0 Å². The molecule has 1 aliphatic heterocycles. The number of aliphatic hydroxyl groups excluding tert-OH is 4. The summed E-state index contributed by atoms with van der Waals surface area (Å²) in [6.45, 7) is 15.7. The van der Waals surface area contributed by atoms with E-state index < -0.39 is 61.1 Å². The first-order valence-corrected chi connectivity index (χ1v) is 29.4. The molecule has 1 heterocycles. The molecule has 1 aliphatic rings. The van der Waals surface area contributed by atoms with Gasteiger partial charge in [0.15, 0.2) is 12.4 Å². The van der Waals surface area contributed by atoms with Gasteiger partial charge in [0, 0.05) is 13.2 Å². The molecule has 0 aromatic heterocycles. The molecule has 79 heavy (non-hydrogen) atoms. The SMILES string of the molecule is CCCCCCCC/C=C\CCCCCCCC(C(=O)NCC(=O)OCC)N(CCOCCOCCOCCOCCOCCOCCOCCOCCOCCOCCOCCOCCC)C(=O)C1O[C@@H](O)C(O)[C@H](O)[C@@H]1O. The third-order valence-electron chi connectivity index (χ3n) is 12.2. The maximum absolute atomic E-state index is 14.1. The molecule has 3 unspecified atom stereocenters. The molecule has 0 aromatic carbocycles. The molecule has 2 amide bonds. The molecule has 6 atom stereocenters. The fraction of sp³-hybridized carbons (Fsp3) is 0.911. The van der Waals surface area contributed by atoms with Gasteiger partial charge in [-0.15, -0.1) is 0 Å². The van der Waals surface area contributed by atoms with Crippen LogP contribution < -0.4 is 5.32 Å². The number of ether oxygens (including phenoxy) is 14. The number of carbonyl (C=O) groups excluding carboxylic acids is 3. The molecule has 0 spiro atoms. The van der Waals surface area contributed by atoms with Crippen LogP contribution in [0.2, 0.25) is 0 Å². The van der Waals surface area contributed by atoms with Gasteiger partial charge in [-0.3, -0.25) is 14.4 Å². The predicted octanol–water partition coefficient (Wildman–Crippen LogP) is 3.31. The summed E-state index contributed by atoms with van der Waals surface area (Å²) in [6, 6.07) is -1.14. The Labute approximate surface area is 472 Å². The predicted molar refractivity (Wildman–Crippen MR) is 294 cm³/mol. The highest BCUT2D eigenvalue weighted by Gasteiger charge is 2.48. The minimum Gasteiger partial charge on any atom is -0.465 e. The highest BCUT2D eigenvalue weighted by molar-refractivity contribution is 5.91. The van der Waals surface area contributed by atoms with Crippen molar-refractivity contribution < 1.29 is 101 Å². The zero-order valence-corrected chi connectivity index (χ0v) is 48.5. The van der Waals surface area contributed by atoms with E-state index in [0.29, 0.717) is 139 Å². The number of hydrogen-bond acceptors (Lipinski definition) is 21. The van der Waals surface area contributed by atoms with Crippen LogP contribution in [-0.2, 0) is 80.7 Å². The van der Waals surface area contributed by atoms with Crippen molar-refractivity contribution in [3.63, 3.8) is 0 Å². The van der Waals surface area contributed by atoms with Crippen LogP contribution in [0.3, 0.4) is 0 Å². The number of allylic oxidation sites excluding steroid dienone is 2. The maximum Gasteiger partial charge on any atom is 0.325 e. The Balaban J connectivity index is 2.28. The molecule has 0 radical (unpaired) electrons. The smallest absolute Gasteiger partial charge is 0.325 e. The van der Waals surface area contributed by atoms with Crippen molar-refractivity contribution in [1.82, 2.24) is 10.2 Å². The van der Waals surface area contributed by atoms with E-state index in [1.165, 1.54) is 43.4 Å². The fourth-order valence-electron chi connectivity index (χ4n) is 7.80. The summed E-state index contributed by atoms with van der Waals surface area (Å²) in [5.74, 6) is -2.20. The molecule has 23 nitrogen and oxygen atoms in total. The van der Waals surface area contributed by atoms with Gasteiger partial charge in [0.1, 0.15) is 30.9 Å². The first-order chi connectivity index (χ1) is 38.7. The van der Waals surface area contributed by atoms with E-state index in [-0.39, 0.29) is 39.4 Å². The second-order valence-electron chi connectivity index (χ2n) is 18.7. The number of carbonyl (C=O) groups is 3. The molecule has 0 aliphatic carbocycles. The van der Waals surface area contributed by atoms with E-state index in [4.69, 9.17) is 66.3 Å². The van der Waals surface area contributed by atoms with Crippen molar-refractivity contribution in [1.29, 1.82) is 0 Å². The van der Waals surface area contributed by atoms with Gasteiger partial charge in [-0.05, 0) is 45.4 Å². The number of nitrogens with zero attached hydrogens (tertiary/aromatic N) is 1. The Morgan fingerprint density at radius 3 is 1.22 bits per heavy atom. The summed E-state index contributed by atoms with van der Waals surface area (Å²) >= 11 is 0. The van der Waals surface area contributed by atoms with Crippen molar-refractivity contribution in [2.24, 2.45) is 0 Å². The van der Waals surface area contributed by atoms with Crippen molar-refractivity contribution in [2.45, 2.75) is 154 Å². The van der Waals surface area contributed by atoms with Crippen molar-refractivity contribution in [3.05, 3.63) is 12.2 Å². The third kappa shape index (κ3) is 42.9. The average Bonchev–Trinajstić information content (AvgIpc) is 3.54. The summed E-state index contributed by atoms with van der Waals surface area (Å²) < 4.78 is 76.6. The van der Waals surface area contributed by atoms with Gasteiger partial charge in [0.05, 0.1) is 159 Å². The fourth-order valence-corrected chi connectivity index (χ4v) is 7.80. The van der Waals surface area contributed by atoms with Crippen LogP contribution in [0.1, 0.15) is 117 Å². The summed E-state index contributed by atoms with van der Waals surface area (Å²) in [5.41, 5.74) is 0. The van der Waals surface area contributed by atoms with Crippen LogP contribution in [-0.4, -0.2) is 258 Å². The molecule has 1 rings (SSSR count). The summed E-state index contributed by atoms with van der Waals surface area (Å²) in [6.07, 6.45) is 10.3. The molecule has 0 bridgehead atoms. The van der Waals surface area contributed by atoms with Gasteiger partial charge in [0.25, 0.3) is 5.91 Å². The lowest BCUT2D eigenvalue weighted by Crippen LogP contribution is -2.64. The van der Waals surface area contributed by atoms with Crippen molar-refractivity contribution >= 4 is 17.8 Å². The summed E-state index contributed by atoms with van der Waals surface area (Å²) in [4.78, 5) is 41.2. The first kappa shape index (κ1) is 74.5. The lowest BCUT2D eigenvalue weighted by atomic mass is 9.96. The quantitative estimate of drug-likeness (QED) is 0.0332.